The molecule has 2 aromatic carbocycles. The summed E-state index contributed by atoms with van der Waals surface area (Å²) in [5.41, 5.74) is 3.04. The van der Waals surface area contributed by atoms with Gasteiger partial charge in [0.25, 0.3) is 5.91 Å². The molecule has 1 amide bonds. The van der Waals surface area contributed by atoms with Crippen molar-refractivity contribution in [3.8, 4) is 5.69 Å². The van der Waals surface area contributed by atoms with Crippen molar-refractivity contribution in [2.45, 2.75) is 6.54 Å². The van der Waals surface area contributed by atoms with E-state index in [0.29, 0.717) is 12.1 Å². The van der Waals surface area contributed by atoms with Crippen LogP contribution in [0.2, 0.25) is 0 Å². The molecule has 0 aliphatic heterocycles. The highest BCUT2D eigenvalue weighted by Gasteiger charge is 2.14. The van der Waals surface area contributed by atoms with E-state index in [4.69, 9.17) is 0 Å². The molecule has 0 spiro atoms. The molecule has 4 rings (SSSR count). The van der Waals surface area contributed by atoms with Gasteiger partial charge in [-0.05, 0) is 54.1 Å². The Morgan fingerprint density at radius 2 is 1.81 bits per heavy atom. The van der Waals surface area contributed by atoms with Gasteiger partial charge >= 0.3 is 0 Å². The van der Waals surface area contributed by atoms with Crippen molar-refractivity contribution in [3.63, 3.8) is 0 Å². The molecule has 2 aromatic heterocycles. The molecule has 6 heteroatoms. The van der Waals surface area contributed by atoms with E-state index < -0.39 is 0 Å². The molecule has 4 aromatic rings. The quantitative estimate of drug-likeness (QED) is 0.615. The maximum Gasteiger partial charge on any atom is 0.252 e. The maximum atomic E-state index is 13.2. The number of aromatic nitrogens is 3. The van der Waals surface area contributed by atoms with Crippen LogP contribution in [0.15, 0.2) is 73.2 Å². The molecule has 26 heavy (non-hydrogen) atoms. The van der Waals surface area contributed by atoms with Crippen LogP contribution < -0.4 is 5.32 Å². The first-order valence-corrected chi connectivity index (χ1v) is 8.12. The third-order valence-corrected chi connectivity index (χ3v) is 4.13. The van der Waals surface area contributed by atoms with Crippen LogP contribution in [-0.4, -0.2) is 20.7 Å². The Bertz CT molecular complexity index is 1060. The lowest BCUT2D eigenvalue weighted by Crippen LogP contribution is -2.22. The van der Waals surface area contributed by atoms with Crippen molar-refractivity contribution in [3.05, 3.63) is 90.1 Å². The Hall–Kier alpha value is -3.54. The summed E-state index contributed by atoms with van der Waals surface area (Å²) in [5, 5.41) is 8.01. The van der Waals surface area contributed by atoms with Gasteiger partial charge in [0.2, 0.25) is 0 Å². The number of carbonyl (C=O) groups is 1. The zero-order valence-electron chi connectivity index (χ0n) is 13.8. The molecule has 0 fully saturated rings. The Kier molecular flexibility index (Phi) is 4.15. The van der Waals surface area contributed by atoms with Gasteiger partial charge in [-0.2, -0.15) is 5.10 Å². The van der Waals surface area contributed by atoms with Crippen molar-refractivity contribution in [2.24, 2.45) is 0 Å². The van der Waals surface area contributed by atoms with Crippen molar-refractivity contribution in [1.82, 2.24) is 20.1 Å². The van der Waals surface area contributed by atoms with E-state index in [1.807, 2.05) is 24.3 Å². The number of nitrogens with one attached hydrogen (secondary N) is 1. The number of nitrogens with zero attached hydrogens (tertiary/aromatic N) is 3. The Morgan fingerprint density at radius 1 is 1.04 bits per heavy atom. The number of carbonyl (C=O) groups excluding carboxylic acids is 1. The molecule has 0 saturated carbocycles. The molecule has 2 heterocycles. The molecule has 5 nitrogen and oxygen atoms in total. The Morgan fingerprint density at radius 3 is 2.58 bits per heavy atom. The number of benzene rings is 2. The number of hydrogen-bond acceptors (Lipinski definition) is 3. The predicted octanol–water partition coefficient (Wildman–Crippen LogP) is 3.49. The lowest BCUT2D eigenvalue weighted by Gasteiger charge is -2.07. The molecular weight excluding hydrogens is 331 g/mol. The fraction of sp³-hybridized carbons (Fsp3) is 0.0500. The molecule has 0 aliphatic carbocycles. The normalized spacial score (nSPS) is 10.8. The standard InChI is InChI=1S/C20H15FN4O/c21-15-4-6-16(7-5-15)25-19-3-1-2-17(18(19)13-24-25)20(26)23-12-14-8-10-22-11-9-14/h1-11,13H,12H2,(H,23,26). The van der Waals surface area contributed by atoms with Crippen LogP contribution in [0.1, 0.15) is 15.9 Å². The van der Waals surface area contributed by atoms with Crippen LogP contribution in [0, 0.1) is 5.82 Å². The lowest BCUT2D eigenvalue weighted by atomic mass is 10.1. The maximum absolute atomic E-state index is 13.2. The summed E-state index contributed by atoms with van der Waals surface area (Å²) in [4.78, 5) is 16.6. The average Bonchev–Trinajstić information content (AvgIpc) is 3.12. The number of fused-ring (bicyclic) bond motifs is 1. The summed E-state index contributed by atoms with van der Waals surface area (Å²) in [7, 11) is 0. The monoisotopic (exact) mass is 346 g/mol. The average molecular weight is 346 g/mol. The second kappa shape index (κ2) is 6.76. The van der Waals surface area contributed by atoms with E-state index in [1.54, 1.807) is 41.5 Å². The molecule has 0 unspecified atom stereocenters. The summed E-state index contributed by atoms with van der Waals surface area (Å²) in [6, 6.07) is 15.2. The van der Waals surface area contributed by atoms with Gasteiger partial charge in [0.15, 0.2) is 0 Å². The highest BCUT2D eigenvalue weighted by atomic mass is 19.1. The number of hydrogen-bond donors (Lipinski definition) is 1. The van der Waals surface area contributed by atoms with Gasteiger partial charge in [-0.15, -0.1) is 0 Å². The van der Waals surface area contributed by atoms with Crippen LogP contribution in [0.3, 0.4) is 0 Å². The summed E-state index contributed by atoms with van der Waals surface area (Å²) >= 11 is 0. The Balaban J connectivity index is 1.64. The third-order valence-electron chi connectivity index (χ3n) is 4.13. The summed E-state index contributed by atoms with van der Waals surface area (Å²) in [6.45, 7) is 0.420. The van der Waals surface area contributed by atoms with E-state index in [0.717, 1.165) is 22.2 Å². The molecule has 0 saturated heterocycles. The lowest BCUT2D eigenvalue weighted by molar-refractivity contribution is 0.0952. The number of rotatable bonds is 4. The van der Waals surface area contributed by atoms with Crippen LogP contribution in [0.25, 0.3) is 16.6 Å². The Labute approximate surface area is 149 Å². The molecule has 0 radical (unpaired) electrons. The highest BCUT2D eigenvalue weighted by molar-refractivity contribution is 6.06. The second-order valence-corrected chi connectivity index (χ2v) is 5.81. The van der Waals surface area contributed by atoms with Gasteiger partial charge in [-0.25, -0.2) is 9.07 Å². The zero-order chi connectivity index (χ0) is 17.9. The third kappa shape index (κ3) is 3.04. The fourth-order valence-electron chi connectivity index (χ4n) is 2.82. The molecule has 128 valence electrons. The second-order valence-electron chi connectivity index (χ2n) is 5.81. The first kappa shape index (κ1) is 16.0. The number of pyridine rings is 1. The van der Waals surface area contributed by atoms with Gasteiger partial charge < -0.3 is 5.32 Å². The van der Waals surface area contributed by atoms with Crippen LogP contribution >= 0.6 is 0 Å². The summed E-state index contributed by atoms with van der Waals surface area (Å²) in [6.07, 6.45) is 5.03. The van der Waals surface area contributed by atoms with Gasteiger partial charge in [0.1, 0.15) is 5.82 Å². The SMILES string of the molecule is O=C(NCc1ccncc1)c1cccc2c1cnn2-c1ccc(F)cc1. The van der Waals surface area contributed by atoms with Gasteiger partial charge in [-0.3, -0.25) is 9.78 Å². The van der Waals surface area contributed by atoms with Gasteiger partial charge in [-0.1, -0.05) is 6.07 Å². The van der Waals surface area contributed by atoms with Crippen LogP contribution in [-0.2, 0) is 6.54 Å². The molecular formula is C20H15FN4O. The summed E-state index contributed by atoms with van der Waals surface area (Å²) in [5.74, 6) is -0.479. The van der Waals surface area contributed by atoms with Gasteiger partial charge in [0.05, 0.1) is 23.0 Å². The topological polar surface area (TPSA) is 59.8 Å². The smallest absolute Gasteiger partial charge is 0.252 e. The number of halogens is 1. The van der Waals surface area contributed by atoms with E-state index in [-0.39, 0.29) is 11.7 Å². The number of amides is 1. The van der Waals surface area contributed by atoms with Crippen molar-refractivity contribution >= 4 is 16.8 Å². The molecule has 0 aliphatic rings. The van der Waals surface area contributed by atoms with E-state index in [2.05, 4.69) is 15.4 Å². The van der Waals surface area contributed by atoms with E-state index >= 15 is 0 Å². The first-order chi connectivity index (χ1) is 12.7. The largest absolute Gasteiger partial charge is 0.348 e. The molecule has 1 N–H and O–H groups in total. The van der Waals surface area contributed by atoms with E-state index in [9.17, 15) is 9.18 Å². The van der Waals surface area contributed by atoms with E-state index in [1.165, 1.54) is 12.1 Å². The molecule has 0 bridgehead atoms. The highest BCUT2D eigenvalue weighted by Crippen LogP contribution is 2.22. The van der Waals surface area contributed by atoms with Crippen molar-refractivity contribution < 1.29 is 9.18 Å². The van der Waals surface area contributed by atoms with Crippen molar-refractivity contribution in [2.75, 3.05) is 0 Å². The minimum Gasteiger partial charge on any atom is -0.348 e. The van der Waals surface area contributed by atoms with Crippen LogP contribution in [0.4, 0.5) is 4.39 Å². The predicted molar refractivity (Wildman–Crippen MR) is 96.4 cm³/mol. The zero-order valence-corrected chi connectivity index (χ0v) is 13.8. The minimum atomic E-state index is -0.304. The molecule has 0 atom stereocenters. The van der Waals surface area contributed by atoms with Crippen molar-refractivity contribution in [1.29, 1.82) is 0 Å². The summed E-state index contributed by atoms with van der Waals surface area (Å²) < 4.78 is 14.8. The first-order valence-electron chi connectivity index (χ1n) is 8.12. The minimum absolute atomic E-state index is 0.175. The van der Waals surface area contributed by atoms with Gasteiger partial charge in [0, 0.05) is 24.3 Å². The fourth-order valence-corrected chi connectivity index (χ4v) is 2.82. The van der Waals surface area contributed by atoms with Crippen LogP contribution in [0.5, 0.6) is 0 Å².